The second-order valence-electron chi connectivity index (χ2n) is 7.77. The van der Waals surface area contributed by atoms with Crippen LogP contribution in [0.4, 0.5) is 0 Å². The number of fused-ring (bicyclic) bond motifs is 1. The zero-order chi connectivity index (χ0) is 21.6. The Labute approximate surface area is 186 Å². The van der Waals surface area contributed by atoms with Crippen LogP contribution >= 0.6 is 11.8 Å². The molecule has 2 aromatic carbocycles. The predicted octanol–water partition coefficient (Wildman–Crippen LogP) is 4.18. The topological polar surface area (TPSA) is 64.0 Å². The lowest BCUT2D eigenvalue weighted by atomic mass is 9.88. The first-order valence-electron chi connectivity index (χ1n) is 10.8. The van der Waals surface area contributed by atoms with E-state index in [9.17, 15) is 9.59 Å². The number of nitrogens with one attached hydrogen (secondary N) is 1. The second kappa shape index (κ2) is 9.96. The van der Waals surface area contributed by atoms with Crippen molar-refractivity contribution in [3.63, 3.8) is 0 Å². The lowest BCUT2D eigenvalue weighted by molar-refractivity contribution is -0.121. The fraction of sp³-hybridized carbons (Fsp3) is 0.320. The third-order valence-corrected chi connectivity index (χ3v) is 6.78. The molecular weight excluding hydrogens is 406 g/mol. The largest absolute Gasteiger partial charge is 0.356 e. The Balaban J connectivity index is 1.38. The Morgan fingerprint density at radius 3 is 2.39 bits per heavy atom. The van der Waals surface area contributed by atoms with Crippen molar-refractivity contribution in [2.75, 3.05) is 12.3 Å². The maximum atomic E-state index is 12.6. The summed E-state index contributed by atoms with van der Waals surface area (Å²) < 4.78 is 1.68. The first kappa shape index (κ1) is 21.4. The molecule has 31 heavy (non-hydrogen) atoms. The molecular formula is C25H27N3O2S. The van der Waals surface area contributed by atoms with Gasteiger partial charge in [-0.2, -0.15) is 0 Å². The van der Waals surface area contributed by atoms with Gasteiger partial charge in [-0.25, -0.2) is 4.98 Å². The molecule has 2 heterocycles. The maximum Gasteiger partial charge on any atom is 0.254 e. The number of thioether (sulfide) groups is 1. The van der Waals surface area contributed by atoms with E-state index in [1.54, 1.807) is 22.4 Å². The van der Waals surface area contributed by atoms with Gasteiger partial charge in [0.25, 0.3) is 5.56 Å². The van der Waals surface area contributed by atoms with Crippen LogP contribution in [0.2, 0.25) is 0 Å². The molecule has 4 rings (SSSR count). The van der Waals surface area contributed by atoms with E-state index in [0.717, 1.165) is 23.7 Å². The molecule has 1 aliphatic rings. The number of benzene rings is 2. The number of amides is 1. The molecule has 0 radical (unpaired) electrons. The summed E-state index contributed by atoms with van der Waals surface area (Å²) in [6.45, 7) is 2.57. The molecule has 0 spiro atoms. The third kappa shape index (κ3) is 5.07. The van der Waals surface area contributed by atoms with Gasteiger partial charge < -0.3 is 5.32 Å². The zero-order valence-electron chi connectivity index (χ0n) is 17.7. The SMILES string of the molecule is CCc1cc(=O)n2c(n1)SCC2CC(=O)NCCC(c1ccccc1)c1ccccc1. The predicted molar refractivity (Wildman–Crippen MR) is 125 cm³/mol. The Morgan fingerprint density at radius 2 is 1.77 bits per heavy atom. The van der Waals surface area contributed by atoms with Crippen molar-refractivity contribution in [2.24, 2.45) is 0 Å². The number of nitrogens with zero attached hydrogens (tertiary/aromatic N) is 2. The van der Waals surface area contributed by atoms with Crippen molar-refractivity contribution in [2.45, 2.75) is 43.3 Å². The van der Waals surface area contributed by atoms with E-state index >= 15 is 0 Å². The smallest absolute Gasteiger partial charge is 0.254 e. The van der Waals surface area contributed by atoms with E-state index in [4.69, 9.17) is 0 Å². The van der Waals surface area contributed by atoms with Crippen LogP contribution in [-0.4, -0.2) is 27.8 Å². The number of aromatic nitrogens is 2. The molecule has 1 amide bonds. The molecule has 0 saturated carbocycles. The van der Waals surface area contributed by atoms with Crippen LogP contribution in [-0.2, 0) is 11.2 Å². The molecule has 0 bridgehead atoms. The van der Waals surface area contributed by atoms with Gasteiger partial charge in [-0.3, -0.25) is 14.2 Å². The van der Waals surface area contributed by atoms with Crippen LogP contribution in [0.1, 0.15) is 48.5 Å². The molecule has 1 unspecified atom stereocenters. The molecule has 0 aliphatic carbocycles. The second-order valence-corrected chi connectivity index (χ2v) is 8.76. The van der Waals surface area contributed by atoms with Gasteiger partial charge in [0.05, 0.1) is 6.04 Å². The minimum Gasteiger partial charge on any atom is -0.356 e. The van der Waals surface area contributed by atoms with E-state index in [2.05, 4.69) is 58.8 Å². The first-order valence-corrected chi connectivity index (χ1v) is 11.8. The van der Waals surface area contributed by atoms with E-state index in [1.165, 1.54) is 11.1 Å². The summed E-state index contributed by atoms with van der Waals surface area (Å²) in [5.41, 5.74) is 3.24. The average Bonchev–Trinajstić information content (AvgIpc) is 3.20. The van der Waals surface area contributed by atoms with Crippen LogP contribution in [0, 0.1) is 0 Å². The highest BCUT2D eigenvalue weighted by Crippen LogP contribution is 2.32. The van der Waals surface area contributed by atoms with Gasteiger partial charge in [0.1, 0.15) is 0 Å². The van der Waals surface area contributed by atoms with Crippen LogP contribution in [0.15, 0.2) is 76.7 Å². The minimum atomic E-state index is -0.134. The van der Waals surface area contributed by atoms with Crippen molar-refractivity contribution in [3.8, 4) is 0 Å². The summed E-state index contributed by atoms with van der Waals surface area (Å²) in [7, 11) is 0. The van der Waals surface area contributed by atoms with Crippen LogP contribution in [0.5, 0.6) is 0 Å². The Bertz CT molecular complexity index is 1040. The van der Waals surface area contributed by atoms with Crippen LogP contribution in [0.3, 0.4) is 0 Å². The summed E-state index contributed by atoms with van der Waals surface area (Å²) >= 11 is 1.56. The molecule has 1 N–H and O–H groups in total. The van der Waals surface area contributed by atoms with Gasteiger partial charge in [0.15, 0.2) is 5.16 Å². The fourth-order valence-corrected chi connectivity index (χ4v) is 5.24. The number of hydrogen-bond acceptors (Lipinski definition) is 4. The average molecular weight is 434 g/mol. The lowest BCUT2D eigenvalue weighted by Crippen LogP contribution is -2.31. The van der Waals surface area contributed by atoms with E-state index in [-0.39, 0.29) is 23.4 Å². The van der Waals surface area contributed by atoms with Gasteiger partial charge in [-0.05, 0) is 24.0 Å². The van der Waals surface area contributed by atoms with Crippen molar-refractivity contribution >= 4 is 17.7 Å². The summed E-state index contributed by atoms with van der Waals surface area (Å²) in [6.07, 6.45) is 1.85. The summed E-state index contributed by atoms with van der Waals surface area (Å²) in [6, 6.07) is 22.2. The molecule has 1 aromatic heterocycles. The van der Waals surface area contributed by atoms with Crippen molar-refractivity contribution < 1.29 is 4.79 Å². The van der Waals surface area contributed by atoms with E-state index in [1.807, 2.05) is 19.1 Å². The number of rotatable bonds is 8. The van der Waals surface area contributed by atoms with Gasteiger partial charge in [0.2, 0.25) is 5.91 Å². The highest BCUT2D eigenvalue weighted by atomic mass is 32.2. The van der Waals surface area contributed by atoms with E-state index < -0.39 is 0 Å². The molecule has 1 aliphatic heterocycles. The maximum absolute atomic E-state index is 12.6. The lowest BCUT2D eigenvalue weighted by Gasteiger charge is -2.19. The Kier molecular flexibility index (Phi) is 6.87. The number of carbonyl (C=O) groups is 1. The summed E-state index contributed by atoms with van der Waals surface area (Å²) in [5, 5.41) is 3.80. The molecule has 1 atom stereocenters. The quantitative estimate of drug-likeness (QED) is 0.541. The fourth-order valence-electron chi connectivity index (χ4n) is 4.07. The van der Waals surface area contributed by atoms with Gasteiger partial charge in [0, 0.05) is 36.4 Å². The standard InChI is InChI=1S/C25H27N3O2S/c1-2-20-15-24(30)28-21(17-31-25(28)27-20)16-23(29)26-14-13-22(18-9-5-3-6-10-18)19-11-7-4-8-12-19/h3-12,15,21-22H,2,13-14,16-17H2,1H3,(H,26,29). The minimum absolute atomic E-state index is 0.0233. The summed E-state index contributed by atoms with van der Waals surface area (Å²) in [4.78, 5) is 29.7. The van der Waals surface area contributed by atoms with Crippen molar-refractivity contribution in [1.82, 2.24) is 14.9 Å². The van der Waals surface area contributed by atoms with Gasteiger partial charge in [-0.15, -0.1) is 0 Å². The number of aryl methyl sites for hydroxylation is 1. The highest BCUT2D eigenvalue weighted by molar-refractivity contribution is 7.99. The first-order chi connectivity index (χ1) is 15.2. The molecule has 3 aromatic rings. The molecule has 160 valence electrons. The summed E-state index contributed by atoms with van der Waals surface area (Å²) in [5.74, 6) is 0.911. The zero-order valence-corrected chi connectivity index (χ0v) is 18.5. The number of carbonyl (C=O) groups excluding carboxylic acids is 1. The molecule has 5 nitrogen and oxygen atoms in total. The highest BCUT2D eigenvalue weighted by Gasteiger charge is 2.27. The van der Waals surface area contributed by atoms with Crippen LogP contribution in [0.25, 0.3) is 0 Å². The van der Waals surface area contributed by atoms with Crippen LogP contribution < -0.4 is 10.9 Å². The van der Waals surface area contributed by atoms with Crippen molar-refractivity contribution in [3.05, 3.63) is 93.9 Å². The van der Waals surface area contributed by atoms with Gasteiger partial charge >= 0.3 is 0 Å². The normalized spacial score (nSPS) is 15.1. The number of hydrogen-bond donors (Lipinski definition) is 1. The molecule has 6 heteroatoms. The Hall–Kier alpha value is -2.86. The van der Waals surface area contributed by atoms with E-state index in [0.29, 0.717) is 18.7 Å². The van der Waals surface area contributed by atoms with Gasteiger partial charge in [-0.1, -0.05) is 79.3 Å². The molecule has 0 saturated heterocycles. The van der Waals surface area contributed by atoms with Crippen molar-refractivity contribution in [1.29, 1.82) is 0 Å². The molecule has 0 fully saturated rings. The monoisotopic (exact) mass is 433 g/mol. The Morgan fingerprint density at radius 1 is 1.13 bits per heavy atom. The third-order valence-electron chi connectivity index (χ3n) is 5.69.